The van der Waals surface area contributed by atoms with Crippen molar-refractivity contribution in [3.8, 4) is 0 Å². The summed E-state index contributed by atoms with van der Waals surface area (Å²) in [7, 11) is 2.55. The highest BCUT2D eigenvalue weighted by molar-refractivity contribution is 8.76. The maximum atomic E-state index is 14.0. The third-order valence-electron chi connectivity index (χ3n) is 4.28. The summed E-state index contributed by atoms with van der Waals surface area (Å²) >= 11 is 0. The number of nitrogens with zero attached hydrogens (tertiary/aromatic N) is 2. The van der Waals surface area contributed by atoms with Crippen LogP contribution in [0.1, 0.15) is 29.3 Å². The molecule has 0 aliphatic heterocycles. The van der Waals surface area contributed by atoms with Crippen molar-refractivity contribution < 1.29 is 18.7 Å². The van der Waals surface area contributed by atoms with Gasteiger partial charge in [-0.1, -0.05) is 10.8 Å². The van der Waals surface area contributed by atoms with Crippen LogP contribution in [0.2, 0.25) is 0 Å². The first-order valence-corrected chi connectivity index (χ1v) is 10.3. The summed E-state index contributed by atoms with van der Waals surface area (Å²) < 4.78 is 29.7. The fourth-order valence-corrected chi connectivity index (χ4v) is 5.26. The molecule has 6 nitrogen and oxygen atoms in total. The monoisotopic (exact) mass is 436 g/mol. The third-order valence-corrected chi connectivity index (χ3v) is 6.55. The predicted octanol–water partition coefficient (Wildman–Crippen LogP) is 2.73. The summed E-state index contributed by atoms with van der Waals surface area (Å²) in [5.41, 5.74) is 13.2. The topological polar surface area (TPSA) is 107 Å². The first kappa shape index (κ1) is 22.0. The molecule has 0 bridgehead atoms. The van der Waals surface area contributed by atoms with Gasteiger partial charge in [0.2, 0.25) is 0 Å². The molecular weight excluding hydrogens is 418 g/mol. The molecule has 2 unspecified atom stereocenters. The Morgan fingerprint density at radius 2 is 2.19 bits per heavy atom. The molecule has 1 aromatic heterocycles. The molecule has 2 aromatic rings. The van der Waals surface area contributed by atoms with Crippen LogP contribution >= 0.6 is 34.0 Å². The summed E-state index contributed by atoms with van der Waals surface area (Å²) in [6, 6.07) is 1.03. The predicted molar refractivity (Wildman–Crippen MR) is 104 cm³/mol. The lowest BCUT2D eigenvalue weighted by atomic mass is 10.1. The molecule has 0 radical (unpaired) electrons. The highest BCUT2D eigenvalue weighted by Gasteiger charge is 2.30. The molecule has 0 saturated heterocycles. The number of carboxylic acids is 1. The minimum atomic E-state index is -1.07. The minimum absolute atomic E-state index is 0. The molecular formula is C16H19ClF2N4O2S2. The van der Waals surface area contributed by atoms with Crippen LogP contribution in [0.4, 0.5) is 8.78 Å². The van der Waals surface area contributed by atoms with Gasteiger partial charge in [-0.25, -0.2) is 13.8 Å². The Morgan fingerprint density at radius 3 is 2.85 bits per heavy atom. The molecule has 1 aliphatic carbocycles. The van der Waals surface area contributed by atoms with Gasteiger partial charge in [0.15, 0.2) is 5.16 Å². The maximum Gasteiger partial charge on any atom is 0.321 e. The van der Waals surface area contributed by atoms with Gasteiger partial charge in [0.05, 0.1) is 17.9 Å². The molecule has 2 atom stereocenters. The Balaban J connectivity index is 0.00000261. The lowest BCUT2D eigenvalue weighted by molar-refractivity contribution is -0.137. The lowest BCUT2D eigenvalue weighted by Crippen LogP contribution is -2.32. The molecule has 1 aliphatic rings. The zero-order chi connectivity index (χ0) is 18.8. The number of rotatable bonds is 7. The number of nitrogens with two attached hydrogens (primary N) is 2. The Kier molecular flexibility index (Phi) is 7.52. The standard InChI is InChI=1S/C16H18F2N4O2S2.ClH/c17-8-3-11-10(12(18)4-8)1-2-14(11)22-9(5-19)6-21-16(22)26-25-7-13(20)15(23)24;/h3-4,6,13-14H,1-2,5,7,19-20H2,(H,23,24);1H. The molecule has 3 rings (SSSR count). The first-order chi connectivity index (χ1) is 12.4. The summed E-state index contributed by atoms with van der Waals surface area (Å²) in [6.07, 6.45) is 2.76. The van der Waals surface area contributed by atoms with Gasteiger partial charge in [0.25, 0.3) is 0 Å². The van der Waals surface area contributed by atoms with E-state index in [9.17, 15) is 13.6 Å². The van der Waals surface area contributed by atoms with Crippen molar-refractivity contribution >= 4 is 40.0 Å². The Hall–Kier alpha value is -1.33. The summed E-state index contributed by atoms with van der Waals surface area (Å²) in [6.45, 7) is 0.233. The van der Waals surface area contributed by atoms with Gasteiger partial charge < -0.3 is 21.1 Å². The summed E-state index contributed by atoms with van der Waals surface area (Å²) in [4.78, 5) is 15.2. The minimum Gasteiger partial charge on any atom is -0.480 e. The first-order valence-electron chi connectivity index (χ1n) is 7.94. The van der Waals surface area contributed by atoms with Crippen molar-refractivity contribution in [2.24, 2.45) is 11.5 Å². The van der Waals surface area contributed by atoms with Crippen molar-refractivity contribution in [2.45, 2.75) is 36.6 Å². The van der Waals surface area contributed by atoms with E-state index in [2.05, 4.69) is 4.98 Å². The molecule has 0 spiro atoms. The van der Waals surface area contributed by atoms with Gasteiger partial charge in [-0.05, 0) is 40.8 Å². The molecule has 0 amide bonds. The molecule has 5 N–H and O–H groups in total. The van der Waals surface area contributed by atoms with Crippen LogP contribution in [0.5, 0.6) is 0 Å². The van der Waals surface area contributed by atoms with E-state index >= 15 is 0 Å². The van der Waals surface area contributed by atoms with E-state index in [4.69, 9.17) is 16.6 Å². The number of carboxylic acid groups (broad SMARTS) is 1. The van der Waals surface area contributed by atoms with Crippen molar-refractivity contribution in [3.05, 3.63) is 46.8 Å². The van der Waals surface area contributed by atoms with Gasteiger partial charge in [-0.15, -0.1) is 12.4 Å². The normalized spacial score (nSPS) is 16.7. The van der Waals surface area contributed by atoms with E-state index in [-0.39, 0.29) is 30.7 Å². The second-order valence-electron chi connectivity index (χ2n) is 5.93. The van der Waals surface area contributed by atoms with Crippen LogP contribution in [-0.4, -0.2) is 32.4 Å². The number of hydrogen-bond acceptors (Lipinski definition) is 6. The quantitative estimate of drug-likeness (QED) is 0.573. The van der Waals surface area contributed by atoms with E-state index in [1.54, 1.807) is 6.20 Å². The number of aromatic nitrogens is 2. The number of carbonyl (C=O) groups is 1. The van der Waals surface area contributed by atoms with Gasteiger partial charge in [-0.2, -0.15) is 0 Å². The number of hydrogen-bond donors (Lipinski definition) is 3. The summed E-state index contributed by atoms with van der Waals surface area (Å²) in [5.74, 6) is -2.01. The van der Waals surface area contributed by atoms with Crippen LogP contribution in [0.3, 0.4) is 0 Å². The van der Waals surface area contributed by atoms with Crippen LogP contribution in [0, 0.1) is 11.6 Å². The molecule has 0 saturated carbocycles. The second kappa shape index (κ2) is 9.24. The second-order valence-corrected chi connectivity index (χ2v) is 8.24. The highest BCUT2D eigenvalue weighted by Crippen LogP contribution is 2.41. The van der Waals surface area contributed by atoms with Crippen LogP contribution in [0.15, 0.2) is 23.5 Å². The van der Waals surface area contributed by atoms with Crippen molar-refractivity contribution in [1.82, 2.24) is 9.55 Å². The summed E-state index contributed by atoms with van der Waals surface area (Å²) in [5, 5.41) is 9.46. The SMILES string of the molecule is Cl.NCc1cnc(SSCC(N)C(=O)O)n1C1CCc2c(F)cc(F)cc21. The van der Waals surface area contributed by atoms with Crippen LogP contribution in [0.25, 0.3) is 0 Å². The number of imidazole rings is 1. The maximum absolute atomic E-state index is 14.0. The largest absolute Gasteiger partial charge is 0.480 e. The van der Waals surface area contributed by atoms with Crippen molar-refractivity contribution in [2.75, 3.05) is 5.75 Å². The number of benzene rings is 1. The van der Waals surface area contributed by atoms with Gasteiger partial charge >= 0.3 is 5.97 Å². The number of fused-ring (bicyclic) bond motifs is 1. The zero-order valence-corrected chi connectivity index (χ0v) is 16.5. The van der Waals surface area contributed by atoms with Crippen molar-refractivity contribution in [1.29, 1.82) is 0 Å². The highest BCUT2D eigenvalue weighted by atomic mass is 35.5. The van der Waals surface area contributed by atoms with E-state index < -0.39 is 23.6 Å². The van der Waals surface area contributed by atoms with Crippen LogP contribution < -0.4 is 11.5 Å². The van der Waals surface area contributed by atoms with Gasteiger partial charge in [-0.3, -0.25) is 4.79 Å². The van der Waals surface area contributed by atoms with E-state index in [1.807, 2.05) is 4.57 Å². The molecule has 148 valence electrons. The van der Waals surface area contributed by atoms with E-state index in [1.165, 1.54) is 27.7 Å². The number of aliphatic carboxylic acids is 1. The van der Waals surface area contributed by atoms with Gasteiger partial charge in [0, 0.05) is 18.4 Å². The lowest BCUT2D eigenvalue weighted by Gasteiger charge is -2.19. The average Bonchev–Trinajstić information content (AvgIpc) is 3.17. The van der Waals surface area contributed by atoms with E-state index in [0.717, 1.165) is 11.8 Å². The average molecular weight is 437 g/mol. The zero-order valence-electron chi connectivity index (χ0n) is 14.1. The molecule has 1 heterocycles. The molecule has 1 aromatic carbocycles. The number of halogens is 3. The fraction of sp³-hybridized carbons (Fsp3) is 0.375. The van der Waals surface area contributed by atoms with Crippen LogP contribution in [-0.2, 0) is 17.8 Å². The van der Waals surface area contributed by atoms with Gasteiger partial charge in [0.1, 0.15) is 17.7 Å². The smallest absolute Gasteiger partial charge is 0.321 e. The van der Waals surface area contributed by atoms with E-state index in [0.29, 0.717) is 29.1 Å². The third kappa shape index (κ3) is 4.57. The Labute approximate surface area is 168 Å². The molecule has 27 heavy (non-hydrogen) atoms. The van der Waals surface area contributed by atoms with Crippen molar-refractivity contribution in [3.63, 3.8) is 0 Å². The molecule has 11 heteroatoms. The Bertz CT molecular complexity index is 837. The Morgan fingerprint density at radius 1 is 1.44 bits per heavy atom. The molecule has 0 fully saturated rings. The fourth-order valence-electron chi connectivity index (χ4n) is 3.04.